The lowest BCUT2D eigenvalue weighted by atomic mass is 9.68. The van der Waals surface area contributed by atoms with Gasteiger partial charge < -0.3 is 21.5 Å². The van der Waals surface area contributed by atoms with E-state index in [0.29, 0.717) is 6.07 Å². The molecule has 1 heterocycles. The van der Waals surface area contributed by atoms with Crippen molar-refractivity contribution in [1.82, 2.24) is 5.32 Å². The van der Waals surface area contributed by atoms with E-state index in [-0.39, 0.29) is 33.3 Å². The van der Waals surface area contributed by atoms with Crippen molar-refractivity contribution in [2.24, 2.45) is 11.1 Å². The SMILES string of the molecule is CC(C)(C)CC1NC(C(=O)Nc2ccc(C(=O)O)c(C(F)(F)F)c2)C(c2cccc(Cl)c2F)C1(N)c1ccc(Cl)cc1F. The maximum absolute atomic E-state index is 15.7. The molecule has 0 radical (unpaired) electrons. The molecule has 6 nitrogen and oxygen atoms in total. The van der Waals surface area contributed by atoms with Crippen LogP contribution < -0.4 is 16.4 Å². The summed E-state index contributed by atoms with van der Waals surface area (Å²) in [6.07, 6.45) is -4.78. The van der Waals surface area contributed by atoms with Gasteiger partial charge in [0.15, 0.2) is 0 Å². The van der Waals surface area contributed by atoms with Crippen molar-refractivity contribution < 1.29 is 36.6 Å². The Morgan fingerprint density at radius 2 is 1.72 bits per heavy atom. The van der Waals surface area contributed by atoms with Crippen molar-refractivity contribution in [2.45, 2.75) is 56.9 Å². The van der Waals surface area contributed by atoms with Crippen LogP contribution in [0.1, 0.15) is 60.2 Å². The number of nitrogens with two attached hydrogens (primary N) is 1. The largest absolute Gasteiger partial charge is 0.478 e. The van der Waals surface area contributed by atoms with E-state index >= 15 is 8.78 Å². The third kappa shape index (κ3) is 6.50. The first-order chi connectivity index (χ1) is 19.8. The van der Waals surface area contributed by atoms with Crippen molar-refractivity contribution in [3.05, 3.63) is 98.5 Å². The van der Waals surface area contributed by atoms with Gasteiger partial charge in [-0.25, -0.2) is 13.6 Å². The van der Waals surface area contributed by atoms with Gasteiger partial charge in [-0.3, -0.25) is 4.79 Å². The van der Waals surface area contributed by atoms with E-state index in [2.05, 4.69) is 10.6 Å². The number of alkyl halides is 3. The van der Waals surface area contributed by atoms with Crippen molar-refractivity contribution >= 4 is 40.8 Å². The van der Waals surface area contributed by atoms with Gasteiger partial charge in [0.1, 0.15) is 11.6 Å². The fourth-order valence-electron chi connectivity index (χ4n) is 5.67. The van der Waals surface area contributed by atoms with E-state index in [9.17, 15) is 27.9 Å². The standard InChI is InChI=1S/C30H28Cl2F5N3O3/c1-28(2,3)13-22-29(38,18-10-7-14(31)11-21(18)33)23(17-5-4-6-20(32)24(17)34)25(40-22)26(41)39-15-8-9-16(27(42)43)19(12-15)30(35,36)37/h4-12,22-23,25,40H,13,38H2,1-3H3,(H,39,41)(H,42,43). The molecule has 1 saturated heterocycles. The summed E-state index contributed by atoms with van der Waals surface area (Å²) in [7, 11) is 0. The van der Waals surface area contributed by atoms with Crippen molar-refractivity contribution in [1.29, 1.82) is 0 Å². The minimum atomic E-state index is -5.04. The van der Waals surface area contributed by atoms with Gasteiger partial charge in [0.25, 0.3) is 0 Å². The predicted molar refractivity (Wildman–Crippen MR) is 153 cm³/mol. The molecule has 4 atom stereocenters. The number of rotatable bonds is 6. The Hall–Kier alpha value is -3.25. The fraction of sp³-hybridized carbons (Fsp3) is 0.333. The second-order valence-corrected chi connectivity index (χ2v) is 12.5. The number of nitrogens with one attached hydrogen (secondary N) is 2. The average Bonchev–Trinajstić information content (AvgIpc) is 3.16. The van der Waals surface area contributed by atoms with Gasteiger partial charge in [-0.1, -0.05) is 62.2 Å². The van der Waals surface area contributed by atoms with Crippen molar-refractivity contribution in [3.63, 3.8) is 0 Å². The highest BCUT2D eigenvalue weighted by molar-refractivity contribution is 6.31. The van der Waals surface area contributed by atoms with E-state index in [1.165, 1.54) is 30.3 Å². The first kappa shape index (κ1) is 32.7. The molecular formula is C30H28Cl2F5N3O3. The zero-order valence-corrected chi connectivity index (χ0v) is 24.6. The minimum absolute atomic E-state index is 0.0662. The third-order valence-electron chi connectivity index (χ3n) is 7.44. The third-order valence-corrected chi connectivity index (χ3v) is 7.97. The maximum atomic E-state index is 15.7. The highest BCUT2D eigenvalue weighted by Crippen LogP contribution is 2.50. The summed E-state index contributed by atoms with van der Waals surface area (Å²) in [6.45, 7) is 5.66. The van der Waals surface area contributed by atoms with E-state index in [0.717, 1.165) is 18.2 Å². The number of carbonyl (C=O) groups is 2. The van der Waals surface area contributed by atoms with E-state index in [4.69, 9.17) is 28.9 Å². The lowest BCUT2D eigenvalue weighted by Crippen LogP contribution is -2.52. The number of carbonyl (C=O) groups excluding carboxylic acids is 1. The molecule has 1 aliphatic heterocycles. The first-order valence-electron chi connectivity index (χ1n) is 13.0. The highest BCUT2D eigenvalue weighted by Gasteiger charge is 2.58. The van der Waals surface area contributed by atoms with Crippen LogP contribution in [0.4, 0.5) is 27.6 Å². The lowest BCUT2D eigenvalue weighted by Gasteiger charge is -2.40. The van der Waals surface area contributed by atoms with Crippen LogP contribution in [-0.4, -0.2) is 29.1 Å². The number of hydrogen-bond donors (Lipinski definition) is 4. The predicted octanol–water partition coefficient (Wildman–Crippen LogP) is 7.34. The number of anilines is 1. The van der Waals surface area contributed by atoms with Crippen molar-refractivity contribution in [2.75, 3.05) is 5.32 Å². The Balaban J connectivity index is 1.89. The molecule has 43 heavy (non-hydrogen) atoms. The molecule has 0 saturated carbocycles. The van der Waals surface area contributed by atoms with Gasteiger partial charge >= 0.3 is 12.1 Å². The molecule has 3 aromatic carbocycles. The maximum Gasteiger partial charge on any atom is 0.417 e. The highest BCUT2D eigenvalue weighted by atomic mass is 35.5. The summed E-state index contributed by atoms with van der Waals surface area (Å²) in [5.41, 5.74) is 1.82. The molecule has 4 rings (SSSR count). The van der Waals surface area contributed by atoms with Crippen LogP contribution in [0.2, 0.25) is 10.0 Å². The van der Waals surface area contributed by atoms with Gasteiger partial charge in [-0.2, -0.15) is 13.2 Å². The molecular weight excluding hydrogens is 616 g/mol. The summed E-state index contributed by atoms with van der Waals surface area (Å²) >= 11 is 12.1. The smallest absolute Gasteiger partial charge is 0.417 e. The molecule has 1 amide bonds. The molecule has 1 fully saturated rings. The summed E-state index contributed by atoms with van der Waals surface area (Å²) < 4.78 is 72.2. The normalized spacial score (nSPS) is 22.4. The molecule has 0 aromatic heterocycles. The zero-order chi connectivity index (χ0) is 32.1. The van der Waals surface area contributed by atoms with Crippen molar-refractivity contribution in [3.8, 4) is 0 Å². The zero-order valence-electron chi connectivity index (χ0n) is 23.1. The van der Waals surface area contributed by atoms with Crippen LogP contribution in [0.5, 0.6) is 0 Å². The van der Waals surface area contributed by atoms with Crippen LogP contribution in [0.15, 0.2) is 54.6 Å². The summed E-state index contributed by atoms with van der Waals surface area (Å²) in [5.74, 6) is -5.75. The molecule has 3 aromatic rings. The fourth-order valence-corrected chi connectivity index (χ4v) is 6.01. The van der Waals surface area contributed by atoms with Crippen LogP contribution in [-0.2, 0) is 16.5 Å². The number of carboxylic acids is 1. The van der Waals surface area contributed by atoms with E-state index in [1.54, 1.807) is 0 Å². The van der Waals surface area contributed by atoms with Gasteiger partial charge in [0, 0.05) is 28.2 Å². The number of hydrogen-bond acceptors (Lipinski definition) is 4. The Kier molecular flexibility index (Phi) is 8.87. The average molecular weight is 644 g/mol. The Bertz CT molecular complexity index is 1580. The minimum Gasteiger partial charge on any atom is -0.478 e. The summed E-state index contributed by atoms with van der Waals surface area (Å²) in [5, 5.41) is 14.5. The monoisotopic (exact) mass is 643 g/mol. The first-order valence-corrected chi connectivity index (χ1v) is 13.8. The number of aromatic carboxylic acids is 1. The van der Waals surface area contributed by atoms with E-state index < -0.39 is 69.8 Å². The molecule has 0 spiro atoms. The molecule has 5 N–H and O–H groups in total. The van der Waals surface area contributed by atoms with Crippen LogP contribution in [0, 0.1) is 17.0 Å². The van der Waals surface area contributed by atoms with Gasteiger partial charge in [0.05, 0.1) is 27.7 Å². The Labute approximate surface area is 254 Å². The van der Waals surface area contributed by atoms with Crippen LogP contribution >= 0.6 is 23.2 Å². The van der Waals surface area contributed by atoms with Gasteiger partial charge in [-0.05, 0) is 53.8 Å². The topological polar surface area (TPSA) is 104 Å². The number of amides is 1. The number of carboxylic acid groups (broad SMARTS) is 1. The molecule has 1 aliphatic rings. The summed E-state index contributed by atoms with van der Waals surface area (Å²) in [4.78, 5) is 25.2. The molecule has 0 aliphatic carbocycles. The lowest BCUT2D eigenvalue weighted by molar-refractivity contribution is -0.138. The van der Waals surface area contributed by atoms with Crippen LogP contribution in [0.3, 0.4) is 0 Å². The van der Waals surface area contributed by atoms with Crippen LogP contribution in [0.25, 0.3) is 0 Å². The molecule has 4 unspecified atom stereocenters. The van der Waals surface area contributed by atoms with E-state index in [1.807, 2.05) is 20.8 Å². The summed E-state index contributed by atoms with van der Waals surface area (Å²) in [6, 6.07) is 7.82. The Morgan fingerprint density at radius 3 is 2.30 bits per heavy atom. The molecule has 13 heteroatoms. The molecule has 230 valence electrons. The number of benzene rings is 3. The second kappa shape index (κ2) is 11.7. The van der Waals surface area contributed by atoms with Gasteiger partial charge in [-0.15, -0.1) is 0 Å². The quantitative estimate of drug-likeness (QED) is 0.210. The second-order valence-electron chi connectivity index (χ2n) is 11.7. The van der Waals surface area contributed by atoms with Gasteiger partial charge in [0.2, 0.25) is 5.91 Å². The Morgan fingerprint density at radius 1 is 1.05 bits per heavy atom. The molecule has 0 bridgehead atoms. The number of halogens is 7.